The van der Waals surface area contributed by atoms with Crippen LogP contribution in [0, 0.1) is 0 Å². The second-order valence-electron chi connectivity index (χ2n) is 0.608. The standard InChI is InChI=1S/C3H6O2.Na/c1-2-3(4)5;/h2H2,1H3,(H,4,5);/q;+1/p-1/i2D;/t2-;/m1./s1. The third-order valence-corrected chi connectivity index (χ3v) is 0.236. The predicted octanol–water partition coefficient (Wildman–Crippen LogP) is -3.85. The molecule has 0 saturated carbocycles. The topological polar surface area (TPSA) is 40.1 Å². The van der Waals surface area contributed by atoms with Crippen LogP contribution in [-0.2, 0) is 4.79 Å². The van der Waals surface area contributed by atoms with Crippen molar-refractivity contribution in [3.8, 4) is 0 Å². The van der Waals surface area contributed by atoms with Gasteiger partial charge >= 0.3 is 29.6 Å². The first-order valence-electron chi connectivity index (χ1n) is 1.85. The van der Waals surface area contributed by atoms with E-state index in [0.29, 0.717) is 0 Å². The SMILES string of the molecule is [2H][C@H](C)C(=O)[O-].[Na+]. The van der Waals surface area contributed by atoms with Crippen molar-refractivity contribution in [1.82, 2.24) is 0 Å². The zero-order valence-corrected chi connectivity index (χ0v) is 5.89. The summed E-state index contributed by atoms with van der Waals surface area (Å²) < 4.78 is 6.37. The number of carboxylic acid groups (broad SMARTS) is 1. The Hall–Kier alpha value is 0.470. The fraction of sp³-hybridized carbons (Fsp3) is 0.667. The molecular formula is C3H5NaO2. The Labute approximate surface area is 60.2 Å². The van der Waals surface area contributed by atoms with E-state index in [4.69, 9.17) is 1.37 Å². The molecule has 0 N–H and O–H groups in total. The van der Waals surface area contributed by atoms with Crippen molar-refractivity contribution in [2.45, 2.75) is 13.3 Å². The van der Waals surface area contributed by atoms with E-state index in [9.17, 15) is 9.90 Å². The molecule has 3 heteroatoms. The van der Waals surface area contributed by atoms with Gasteiger partial charge < -0.3 is 9.90 Å². The molecule has 0 saturated heterocycles. The molecule has 0 radical (unpaired) electrons. The van der Waals surface area contributed by atoms with Gasteiger partial charge in [0.05, 0.1) is 0 Å². The second kappa shape index (κ2) is 5.47. The summed E-state index contributed by atoms with van der Waals surface area (Å²) >= 11 is 0. The molecule has 0 aromatic carbocycles. The third kappa shape index (κ3) is 8.82. The zero-order valence-electron chi connectivity index (χ0n) is 4.89. The van der Waals surface area contributed by atoms with E-state index in [1.807, 2.05) is 0 Å². The van der Waals surface area contributed by atoms with Crippen LogP contribution in [0.5, 0.6) is 0 Å². The number of rotatable bonds is 1. The van der Waals surface area contributed by atoms with Crippen molar-refractivity contribution >= 4 is 5.97 Å². The van der Waals surface area contributed by atoms with Crippen LogP contribution < -0.4 is 34.7 Å². The Balaban J connectivity index is 0. The molecule has 0 amide bonds. The van der Waals surface area contributed by atoms with Crippen LogP contribution >= 0.6 is 0 Å². The monoisotopic (exact) mass is 97.0 g/mol. The molecule has 1 atom stereocenters. The minimum Gasteiger partial charge on any atom is -0.550 e. The number of carboxylic acids is 1. The summed E-state index contributed by atoms with van der Waals surface area (Å²) in [7, 11) is 0. The van der Waals surface area contributed by atoms with Gasteiger partial charge in [0.15, 0.2) is 0 Å². The van der Waals surface area contributed by atoms with Crippen molar-refractivity contribution in [1.29, 1.82) is 0 Å². The summed E-state index contributed by atoms with van der Waals surface area (Å²) in [6.45, 7) is 1.25. The van der Waals surface area contributed by atoms with Crippen molar-refractivity contribution in [3.63, 3.8) is 0 Å². The van der Waals surface area contributed by atoms with Crippen molar-refractivity contribution < 1.29 is 40.8 Å². The molecule has 0 rings (SSSR count). The number of hydrogen-bond donors (Lipinski definition) is 0. The summed E-state index contributed by atoms with van der Waals surface area (Å²) in [6, 6.07) is 0. The first kappa shape index (κ1) is 6.47. The molecule has 6 heavy (non-hydrogen) atoms. The molecule has 30 valence electrons. The molecular weight excluding hydrogens is 91.0 g/mol. The fourth-order valence-corrected chi connectivity index (χ4v) is 0. The van der Waals surface area contributed by atoms with Gasteiger partial charge in [0.1, 0.15) is 0 Å². The molecule has 0 aliphatic heterocycles. The first-order chi connectivity index (χ1) is 2.64. The van der Waals surface area contributed by atoms with E-state index >= 15 is 0 Å². The van der Waals surface area contributed by atoms with Gasteiger partial charge in [-0.25, -0.2) is 0 Å². The van der Waals surface area contributed by atoms with E-state index < -0.39 is 12.4 Å². The van der Waals surface area contributed by atoms with Gasteiger partial charge in [0, 0.05) is 7.34 Å². The van der Waals surface area contributed by atoms with Crippen LogP contribution in [0.4, 0.5) is 0 Å². The van der Waals surface area contributed by atoms with Gasteiger partial charge in [-0.05, 0) is 6.40 Å². The Morgan fingerprint density at radius 2 is 2.33 bits per heavy atom. The average Bonchev–Trinajstić information content (AvgIpc) is 1.36. The van der Waals surface area contributed by atoms with Gasteiger partial charge in [0.25, 0.3) is 0 Å². The second-order valence-corrected chi connectivity index (χ2v) is 0.608. The van der Waals surface area contributed by atoms with Crippen LogP contribution in [0.1, 0.15) is 14.7 Å². The van der Waals surface area contributed by atoms with Crippen LogP contribution in [0.3, 0.4) is 0 Å². The van der Waals surface area contributed by atoms with Gasteiger partial charge in [-0.2, -0.15) is 0 Å². The number of aliphatic carboxylic acids is 1. The maximum absolute atomic E-state index is 9.40. The van der Waals surface area contributed by atoms with Crippen LogP contribution in [-0.4, -0.2) is 5.97 Å². The minimum atomic E-state index is -1.32. The molecule has 0 aliphatic rings. The molecule has 0 heterocycles. The van der Waals surface area contributed by atoms with E-state index in [1.54, 1.807) is 0 Å². The molecule has 2 nitrogen and oxygen atoms in total. The summed E-state index contributed by atoms with van der Waals surface area (Å²) in [5, 5.41) is 9.40. The fourth-order valence-electron chi connectivity index (χ4n) is 0. The number of hydrogen-bond acceptors (Lipinski definition) is 2. The van der Waals surface area contributed by atoms with Crippen LogP contribution in [0.15, 0.2) is 0 Å². The smallest absolute Gasteiger partial charge is 0.550 e. The number of carbonyl (C=O) groups excluding carboxylic acids is 1. The first-order valence-corrected chi connectivity index (χ1v) is 1.27. The molecule has 0 aromatic heterocycles. The van der Waals surface area contributed by atoms with E-state index in [2.05, 4.69) is 0 Å². The quantitative estimate of drug-likeness (QED) is 0.314. The average molecular weight is 97.1 g/mol. The van der Waals surface area contributed by atoms with Gasteiger partial charge in [-0.3, -0.25) is 0 Å². The Kier molecular flexibility index (Phi) is 5.90. The van der Waals surface area contributed by atoms with Gasteiger partial charge in [-0.15, -0.1) is 0 Å². The maximum atomic E-state index is 9.40. The van der Waals surface area contributed by atoms with Crippen molar-refractivity contribution in [2.24, 2.45) is 0 Å². The van der Waals surface area contributed by atoms with Gasteiger partial charge in [-0.1, -0.05) is 6.92 Å². The zero-order chi connectivity index (χ0) is 5.15. The maximum Gasteiger partial charge on any atom is 1.00 e. The van der Waals surface area contributed by atoms with Crippen molar-refractivity contribution in [3.05, 3.63) is 0 Å². The number of carbonyl (C=O) groups is 1. The molecule has 0 spiro atoms. The third-order valence-electron chi connectivity index (χ3n) is 0.236. The summed E-state index contributed by atoms with van der Waals surface area (Å²) in [5.41, 5.74) is 0. The molecule has 0 fully saturated rings. The predicted molar refractivity (Wildman–Crippen MR) is 15.3 cm³/mol. The largest absolute Gasteiger partial charge is 1.00 e. The van der Waals surface area contributed by atoms with Gasteiger partial charge in [0.2, 0.25) is 0 Å². The summed E-state index contributed by atoms with van der Waals surface area (Å²) in [6.07, 6.45) is -1.09. The molecule has 0 aliphatic carbocycles. The van der Waals surface area contributed by atoms with E-state index in [-0.39, 0.29) is 29.6 Å². The summed E-state index contributed by atoms with van der Waals surface area (Å²) in [5.74, 6) is -1.32. The van der Waals surface area contributed by atoms with Crippen LogP contribution in [0.25, 0.3) is 0 Å². The molecule has 0 aromatic rings. The molecule has 0 unspecified atom stereocenters. The van der Waals surface area contributed by atoms with Crippen molar-refractivity contribution in [2.75, 3.05) is 0 Å². The van der Waals surface area contributed by atoms with Crippen LogP contribution in [0.2, 0.25) is 0 Å². The minimum absolute atomic E-state index is 0. The van der Waals surface area contributed by atoms with E-state index in [1.165, 1.54) is 6.92 Å². The summed E-state index contributed by atoms with van der Waals surface area (Å²) in [4.78, 5) is 9.40. The van der Waals surface area contributed by atoms with E-state index in [0.717, 1.165) is 0 Å². The Morgan fingerprint density at radius 3 is 2.33 bits per heavy atom. The Bertz CT molecular complexity index is 64.0. The normalized spacial score (nSPS) is 13.8. The molecule has 0 bridgehead atoms. The Morgan fingerprint density at radius 1 is 2.17 bits per heavy atom.